The van der Waals surface area contributed by atoms with E-state index in [9.17, 15) is 0 Å². The van der Waals surface area contributed by atoms with Gasteiger partial charge in [0.15, 0.2) is 0 Å². The van der Waals surface area contributed by atoms with Crippen molar-refractivity contribution in [2.75, 3.05) is 13.1 Å². The van der Waals surface area contributed by atoms with E-state index in [1.165, 1.54) is 45.1 Å². The van der Waals surface area contributed by atoms with Crippen molar-refractivity contribution < 1.29 is 0 Å². The third kappa shape index (κ3) is 4.29. The minimum atomic E-state index is 0.792. The van der Waals surface area contributed by atoms with Crippen LogP contribution in [0.3, 0.4) is 0 Å². The maximum absolute atomic E-state index is 3.54. The Morgan fingerprint density at radius 3 is 2.69 bits per heavy atom. The summed E-state index contributed by atoms with van der Waals surface area (Å²) in [6.07, 6.45) is 10.7. The molecule has 1 rings (SSSR count). The minimum Gasteiger partial charge on any atom is -0.316 e. The standard InChI is InChI=1S/C15H29N/c1-4-9-13(3)15(12-16-5-2)14-10-7-6-8-11-14/h10,13,15-16H,4-9,11-12H2,1-3H3. The van der Waals surface area contributed by atoms with Crippen LogP contribution < -0.4 is 5.32 Å². The Labute approximate surface area is 102 Å². The molecule has 94 valence electrons. The van der Waals surface area contributed by atoms with Crippen molar-refractivity contribution in [3.05, 3.63) is 11.6 Å². The molecule has 0 radical (unpaired) electrons. The third-order valence-electron chi connectivity index (χ3n) is 3.85. The van der Waals surface area contributed by atoms with Gasteiger partial charge in [0.25, 0.3) is 0 Å². The SMILES string of the molecule is CCCC(C)C(CNCC)C1=CCCCC1. The zero-order valence-electron chi connectivity index (χ0n) is 11.4. The normalized spacial score (nSPS) is 20.3. The van der Waals surface area contributed by atoms with Gasteiger partial charge < -0.3 is 5.32 Å². The average molecular weight is 223 g/mol. The highest BCUT2D eigenvalue weighted by Gasteiger charge is 2.21. The van der Waals surface area contributed by atoms with Gasteiger partial charge in [-0.3, -0.25) is 0 Å². The molecule has 0 amide bonds. The van der Waals surface area contributed by atoms with E-state index in [0.717, 1.165) is 18.4 Å². The molecule has 16 heavy (non-hydrogen) atoms. The van der Waals surface area contributed by atoms with E-state index in [-0.39, 0.29) is 0 Å². The molecule has 0 heterocycles. The molecule has 1 heteroatoms. The Bertz CT molecular complexity index is 207. The minimum absolute atomic E-state index is 0.792. The molecule has 0 aliphatic heterocycles. The van der Waals surface area contributed by atoms with Gasteiger partial charge in [0.2, 0.25) is 0 Å². The Balaban J connectivity index is 2.57. The fraction of sp³-hybridized carbons (Fsp3) is 0.867. The van der Waals surface area contributed by atoms with Crippen LogP contribution in [0.15, 0.2) is 11.6 Å². The molecule has 1 N–H and O–H groups in total. The molecule has 0 fully saturated rings. The van der Waals surface area contributed by atoms with Crippen molar-refractivity contribution in [1.29, 1.82) is 0 Å². The van der Waals surface area contributed by atoms with Crippen molar-refractivity contribution in [3.63, 3.8) is 0 Å². The van der Waals surface area contributed by atoms with Crippen LogP contribution in [0.1, 0.15) is 59.3 Å². The van der Waals surface area contributed by atoms with Crippen LogP contribution >= 0.6 is 0 Å². The van der Waals surface area contributed by atoms with E-state index in [1.807, 2.05) is 0 Å². The molecule has 0 aromatic carbocycles. The summed E-state index contributed by atoms with van der Waals surface area (Å²) in [6, 6.07) is 0. The van der Waals surface area contributed by atoms with E-state index in [0.29, 0.717) is 0 Å². The second-order valence-electron chi connectivity index (χ2n) is 5.20. The van der Waals surface area contributed by atoms with E-state index in [2.05, 4.69) is 32.2 Å². The molecule has 1 aliphatic carbocycles. The van der Waals surface area contributed by atoms with Crippen LogP contribution in [0.5, 0.6) is 0 Å². The van der Waals surface area contributed by atoms with Crippen molar-refractivity contribution in [2.45, 2.75) is 59.3 Å². The topological polar surface area (TPSA) is 12.0 Å². The summed E-state index contributed by atoms with van der Waals surface area (Å²) in [6.45, 7) is 9.22. The Hall–Kier alpha value is -0.300. The first-order chi connectivity index (χ1) is 7.79. The summed E-state index contributed by atoms with van der Waals surface area (Å²) in [4.78, 5) is 0. The van der Waals surface area contributed by atoms with Gasteiger partial charge in [-0.1, -0.05) is 45.3 Å². The van der Waals surface area contributed by atoms with Crippen molar-refractivity contribution in [3.8, 4) is 0 Å². The monoisotopic (exact) mass is 223 g/mol. The molecule has 0 saturated heterocycles. The smallest absolute Gasteiger partial charge is 0.00193 e. The highest BCUT2D eigenvalue weighted by atomic mass is 14.8. The zero-order chi connectivity index (χ0) is 11.8. The van der Waals surface area contributed by atoms with Gasteiger partial charge in [0.05, 0.1) is 0 Å². The largest absolute Gasteiger partial charge is 0.316 e. The quantitative estimate of drug-likeness (QED) is 0.639. The van der Waals surface area contributed by atoms with Crippen LogP contribution in [-0.4, -0.2) is 13.1 Å². The number of hydrogen-bond donors (Lipinski definition) is 1. The summed E-state index contributed by atoms with van der Waals surface area (Å²) in [5.74, 6) is 1.63. The van der Waals surface area contributed by atoms with Gasteiger partial charge in [-0.2, -0.15) is 0 Å². The van der Waals surface area contributed by atoms with Gasteiger partial charge in [0, 0.05) is 6.54 Å². The molecule has 0 aromatic rings. The fourth-order valence-electron chi connectivity index (χ4n) is 2.85. The number of rotatable bonds is 7. The van der Waals surface area contributed by atoms with E-state index in [1.54, 1.807) is 5.57 Å². The van der Waals surface area contributed by atoms with Gasteiger partial charge in [-0.05, 0) is 44.1 Å². The van der Waals surface area contributed by atoms with Crippen LogP contribution in [0.2, 0.25) is 0 Å². The van der Waals surface area contributed by atoms with Crippen LogP contribution in [-0.2, 0) is 0 Å². The van der Waals surface area contributed by atoms with Crippen molar-refractivity contribution in [2.24, 2.45) is 11.8 Å². The maximum atomic E-state index is 3.54. The van der Waals surface area contributed by atoms with Crippen molar-refractivity contribution in [1.82, 2.24) is 5.32 Å². The van der Waals surface area contributed by atoms with Crippen LogP contribution in [0, 0.1) is 11.8 Å². The molecule has 0 aromatic heterocycles. The molecule has 2 atom stereocenters. The summed E-state index contributed by atoms with van der Waals surface area (Å²) in [7, 11) is 0. The molecular weight excluding hydrogens is 194 g/mol. The summed E-state index contributed by atoms with van der Waals surface area (Å²) in [5, 5.41) is 3.54. The summed E-state index contributed by atoms with van der Waals surface area (Å²) in [5.41, 5.74) is 1.74. The van der Waals surface area contributed by atoms with Crippen molar-refractivity contribution >= 4 is 0 Å². The Morgan fingerprint density at radius 2 is 2.12 bits per heavy atom. The summed E-state index contributed by atoms with van der Waals surface area (Å²) < 4.78 is 0. The average Bonchev–Trinajstić information content (AvgIpc) is 2.31. The van der Waals surface area contributed by atoms with E-state index in [4.69, 9.17) is 0 Å². The molecule has 0 bridgehead atoms. The number of hydrogen-bond acceptors (Lipinski definition) is 1. The van der Waals surface area contributed by atoms with Gasteiger partial charge in [0.1, 0.15) is 0 Å². The molecule has 2 unspecified atom stereocenters. The first-order valence-electron chi connectivity index (χ1n) is 7.19. The fourth-order valence-corrected chi connectivity index (χ4v) is 2.85. The lowest BCUT2D eigenvalue weighted by molar-refractivity contribution is 0.352. The lowest BCUT2D eigenvalue weighted by Crippen LogP contribution is -2.29. The second-order valence-corrected chi connectivity index (χ2v) is 5.20. The lowest BCUT2D eigenvalue weighted by Gasteiger charge is -2.29. The van der Waals surface area contributed by atoms with E-state index >= 15 is 0 Å². The maximum Gasteiger partial charge on any atom is 0.00193 e. The first kappa shape index (κ1) is 13.8. The highest BCUT2D eigenvalue weighted by molar-refractivity contribution is 5.11. The zero-order valence-corrected chi connectivity index (χ0v) is 11.4. The third-order valence-corrected chi connectivity index (χ3v) is 3.85. The van der Waals surface area contributed by atoms with Gasteiger partial charge >= 0.3 is 0 Å². The highest BCUT2D eigenvalue weighted by Crippen LogP contribution is 2.30. The van der Waals surface area contributed by atoms with Gasteiger partial charge in [-0.15, -0.1) is 0 Å². The summed E-state index contributed by atoms with van der Waals surface area (Å²) >= 11 is 0. The van der Waals surface area contributed by atoms with E-state index < -0.39 is 0 Å². The first-order valence-corrected chi connectivity index (χ1v) is 7.19. The predicted octanol–water partition coefficient (Wildman–Crippen LogP) is 4.15. The van der Waals surface area contributed by atoms with Gasteiger partial charge in [-0.25, -0.2) is 0 Å². The molecule has 1 aliphatic rings. The molecule has 0 spiro atoms. The second kappa shape index (κ2) is 7.89. The van der Waals surface area contributed by atoms with Crippen LogP contribution in [0.25, 0.3) is 0 Å². The molecular formula is C15H29N. The number of allylic oxidation sites excluding steroid dienone is 1. The number of nitrogens with one attached hydrogen (secondary N) is 1. The Morgan fingerprint density at radius 1 is 1.31 bits per heavy atom. The Kier molecular flexibility index (Phi) is 6.79. The molecule has 1 nitrogen and oxygen atoms in total. The van der Waals surface area contributed by atoms with Crippen LogP contribution in [0.4, 0.5) is 0 Å². The predicted molar refractivity (Wildman–Crippen MR) is 72.7 cm³/mol. The lowest BCUT2D eigenvalue weighted by atomic mass is 9.80. The molecule has 0 saturated carbocycles.